The van der Waals surface area contributed by atoms with Crippen molar-refractivity contribution in [1.82, 2.24) is 9.97 Å². The highest BCUT2D eigenvalue weighted by atomic mass is 16.3. The predicted molar refractivity (Wildman–Crippen MR) is 70.4 cm³/mol. The second-order valence-electron chi connectivity index (χ2n) is 4.82. The lowest BCUT2D eigenvalue weighted by molar-refractivity contribution is 0.0726. The average Bonchev–Trinajstić information content (AvgIpc) is 2.81. The first-order valence-electron chi connectivity index (χ1n) is 6.08. The summed E-state index contributed by atoms with van der Waals surface area (Å²) in [5, 5.41) is 11.2. The molecular weight excluding hydrogens is 228 g/mol. The second-order valence-corrected chi connectivity index (χ2v) is 4.82. The standard InChI is InChI=1S/C13H16N4O/c14-8-13(18)3-6-17(9-13)12-2-5-16-11-1-4-15-7-10(11)12/h1-2,4-5,7,18H,3,6,8-9,14H2/t13-/m0/s1. The Balaban J connectivity index is 2.01. The molecule has 1 atom stereocenters. The maximum Gasteiger partial charge on any atom is 0.0959 e. The zero-order chi connectivity index (χ0) is 12.6. The van der Waals surface area contributed by atoms with Gasteiger partial charge in [0.15, 0.2) is 0 Å². The first kappa shape index (κ1) is 11.4. The van der Waals surface area contributed by atoms with Gasteiger partial charge >= 0.3 is 0 Å². The topological polar surface area (TPSA) is 75.3 Å². The van der Waals surface area contributed by atoms with Crippen molar-refractivity contribution >= 4 is 16.6 Å². The normalized spacial score (nSPS) is 23.8. The van der Waals surface area contributed by atoms with Crippen LogP contribution in [0.2, 0.25) is 0 Å². The molecule has 3 heterocycles. The Bertz CT molecular complexity index is 568. The van der Waals surface area contributed by atoms with Gasteiger partial charge in [0.1, 0.15) is 0 Å². The fourth-order valence-corrected chi connectivity index (χ4v) is 2.48. The van der Waals surface area contributed by atoms with Gasteiger partial charge in [-0.15, -0.1) is 0 Å². The minimum atomic E-state index is -0.766. The summed E-state index contributed by atoms with van der Waals surface area (Å²) < 4.78 is 0. The van der Waals surface area contributed by atoms with E-state index in [-0.39, 0.29) is 0 Å². The van der Waals surface area contributed by atoms with Crippen LogP contribution in [0.3, 0.4) is 0 Å². The minimum Gasteiger partial charge on any atom is -0.387 e. The van der Waals surface area contributed by atoms with Gasteiger partial charge in [-0.25, -0.2) is 0 Å². The van der Waals surface area contributed by atoms with Crippen molar-refractivity contribution in [2.75, 3.05) is 24.5 Å². The molecule has 2 aromatic rings. The molecule has 0 bridgehead atoms. The Morgan fingerprint density at radius 2 is 2.28 bits per heavy atom. The van der Waals surface area contributed by atoms with Gasteiger partial charge in [0.05, 0.1) is 11.1 Å². The molecule has 0 aliphatic carbocycles. The summed E-state index contributed by atoms with van der Waals surface area (Å²) in [5.41, 5.74) is 6.84. The number of aliphatic hydroxyl groups is 1. The van der Waals surface area contributed by atoms with Crippen LogP contribution in [0.5, 0.6) is 0 Å². The van der Waals surface area contributed by atoms with Gasteiger partial charge in [0, 0.05) is 49.3 Å². The van der Waals surface area contributed by atoms with Gasteiger partial charge in [-0.3, -0.25) is 9.97 Å². The monoisotopic (exact) mass is 244 g/mol. The van der Waals surface area contributed by atoms with Gasteiger partial charge in [-0.2, -0.15) is 0 Å². The Kier molecular flexibility index (Phi) is 2.65. The number of fused-ring (bicyclic) bond motifs is 1. The lowest BCUT2D eigenvalue weighted by Crippen LogP contribution is -2.40. The van der Waals surface area contributed by atoms with Crippen molar-refractivity contribution in [3.05, 3.63) is 30.7 Å². The van der Waals surface area contributed by atoms with E-state index in [0.717, 1.165) is 23.1 Å². The van der Waals surface area contributed by atoms with Crippen molar-refractivity contribution < 1.29 is 5.11 Å². The molecule has 3 N–H and O–H groups in total. The summed E-state index contributed by atoms with van der Waals surface area (Å²) in [5.74, 6) is 0. The Labute approximate surface area is 105 Å². The number of β-amino-alcohol motifs (C(OH)–C–C–N with tert-alkyl or cyclic N) is 1. The van der Waals surface area contributed by atoms with Crippen molar-refractivity contribution in [3.8, 4) is 0 Å². The number of anilines is 1. The van der Waals surface area contributed by atoms with Crippen LogP contribution >= 0.6 is 0 Å². The molecule has 0 unspecified atom stereocenters. The van der Waals surface area contributed by atoms with Crippen molar-refractivity contribution in [2.45, 2.75) is 12.0 Å². The van der Waals surface area contributed by atoms with E-state index in [2.05, 4.69) is 14.9 Å². The van der Waals surface area contributed by atoms with E-state index < -0.39 is 5.60 Å². The number of hydrogen-bond donors (Lipinski definition) is 2. The molecule has 1 aliphatic rings. The number of pyridine rings is 2. The lowest BCUT2D eigenvalue weighted by atomic mass is 10.0. The molecule has 5 heteroatoms. The van der Waals surface area contributed by atoms with E-state index in [0.29, 0.717) is 19.5 Å². The molecule has 1 fully saturated rings. The Hall–Kier alpha value is -1.72. The van der Waals surface area contributed by atoms with Crippen LogP contribution in [0.4, 0.5) is 5.69 Å². The smallest absolute Gasteiger partial charge is 0.0959 e. The number of nitrogens with zero attached hydrogens (tertiary/aromatic N) is 3. The van der Waals surface area contributed by atoms with E-state index in [1.54, 1.807) is 12.4 Å². The summed E-state index contributed by atoms with van der Waals surface area (Å²) in [7, 11) is 0. The third-order valence-electron chi connectivity index (χ3n) is 3.57. The Morgan fingerprint density at radius 3 is 3.06 bits per heavy atom. The number of nitrogens with two attached hydrogens (primary N) is 1. The lowest BCUT2D eigenvalue weighted by Gasteiger charge is -2.23. The highest BCUT2D eigenvalue weighted by Gasteiger charge is 2.35. The maximum absolute atomic E-state index is 10.2. The molecule has 5 nitrogen and oxygen atoms in total. The van der Waals surface area contributed by atoms with Gasteiger partial charge in [0.2, 0.25) is 0 Å². The van der Waals surface area contributed by atoms with E-state index in [9.17, 15) is 5.11 Å². The molecule has 18 heavy (non-hydrogen) atoms. The number of rotatable bonds is 2. The van der Waals surface area contributed by atoms with E-state index >= 15 is 0 Å². The molecule has 0 radical (unpaired) electrons. The fraction of sp³-hybridized carbons (Fsp3) is 0.385. The van der Waals surface area contributed by atoms with Crippen LogP contribution in [0, 0.1) is 0 Å². The van der Waals surface area contributed by atoms with E-state index in [4.69, 9.17) is 5.73 Å². The third kappa shape index (κ3) is 1.81. The van der Waals surface area contributed by atoms with Crippen LogP contribution in [0.15, 0.2) is 30.7 Å². The first-order valence-corrected chi connectivity index (χ1v) is 6.08. The maximum atomic E-state index is 10.2. The molecule has 3 rings (SSSR count). The summed E-state index contributed by atoms with van der Waals surface area (Å²) in [6.45, 7) is 1.67. The van der Waals surface area contributed by atoms with Crippen LogP contribution in [0.25, 0.3) is 10.9 Å². The molecular formula is C13H16N4O. The highest BCUT2D eigenvalue weighted by molar-refractivity contribution is 5.90. The minimum absolute atomic E-state index is 0.296. The Morgan fingerprint density at radius 1 is 1.39 bits per heavy atom. The van der Waals surface area contributed by atoms with Crippen LogP contribution < -0.4 is 10.6 Å². The first-order chi connectivity index (χ1) is 8.72. The molecule has 0 amide bonds. The molecule has 0 saturated carbocycles. The van der Waals surface area contributed by atoms with Crippen LogP contribution in [-0.4, -0.2) is 40.3 Å². The van der Waals surface area contributed by atoms with Gasteiger partial charge in [0.25, 0.3) is 0 Å². The SMILES string of the molecule is NC[C@@]1(O)CCN(c2ccnc3ccncc23)C1. The van der Waals surface area contributed by atoms with Crippen molar-refractivity contribution in [1.29, 1.82) is 0 Å². The molecule has 0 aromatic carbocycles. The molecule has 2 aromatic heterocycles. The van der Waals surface area contributed by atoms with E-state index in [1.165, 1.54) is 0 Å². The summed E-state index contributed by atoms with van der Waals surface area (Å²) >= 11 is 0. The van der Waals surface area contributed by atoms with Crippen molar-refractivity contribution in [2.24, 2.45) is 5.73 Å². The van der Waals surface area contributed by atoms with Gasteiger partial charge in [-0.1, -0.05) is 0 Å². The van der Waals surface area contributed by atoms with Crippen LogP contribution in [-0.2, 0) is 0 Å². The van der Waals surface area contributed by atoms with Gasteiger partial charge in [-0.05, 0) is 18.6 Å². The fourth-order valence-electron chi connectivity index (χ4n) is 2.48. The molecule has 94 valence electrons. The predicted octanol–water partition coefficient (Wildman–Crippen LogP) is 0.530. The highest BCUT2D eigenvalue weighted by Crippen LogP contribution is 2.30. The zero-order valence-corrected chi connectivity index (χ0v) is 10.1. The van der Waals surface area contributed by atoms with Crippen LogP contribution in [0.1, 0.15) is 6.42 Å². The molecule has 1 saturated heterocycles. The van der Waals surface area contributed by atoms with Gasteiger partial charge < -0.3 is 15.7 Å². The number of hydrogen-bond acceptors (Lipinski definition) is 5. The quantitative estimate of drug-likeness (QED) is 0.806. The number of aromatic nitrogens is 2. The van der Waals surface area contributed by atoms with E-state index in [1.807, 2.05) is 18.3 Å². The molecule has 1 aliphatic heterocycles. The average molecular weight is 244 g/mol. The molecule has 0 spiro atoms. The largest absolute Gasteiger partial charge is 0.387 e. The second kappa shape index (κ2) is 4.19. The summed E-state index contributed by atoms with van der Waals surface area (Å²) in [4.78, 5) is 10.6. The zero-order valence-electron chi connectivity index (χ0n) is 10.1. The summed E-state index contributed by atoms with van der Waals surface area (Å²) in [6, 6.07) is 3.86. The third-order valence-corrected chi connectivity index (χ3v) is 3.57. The summed E-state index contributed by atoms with van der Waals surface area (Å²) in [6.07, 6.45) is 6.04. The van der Waals surface area contributed by atoms with Crippen molar-refractivity contribution in [3.63, 3.8) is 0 Å².